The molecule has 1 aliphatic heterocycles. The van der Waals surface area contributed by atoms with Gasteiger partial charge >= 0.3 is 11.9 Å². The highest BCUT2D eigenvalue weighted by atomic mass is 79.9. The summed E-state index contributed by atoms with van der Waals surface area (Å²) < 4.78 is 18.0. The first-order valence-corrected chi connectivity index (χ1v) is 12.3. The van der Waals surface area contributed by atoms with Gasteiger partial charge in [0, 0.05) is 20.1 Å². The quantitative estimate of drug-likeness (QED) is 0.149. The fourth-order valence-electron chi connectivity index (χ4n) is 3.41. The molecule has 0 spiro atoms. The van der Waals surface area contributed by atoms with E-state index in [-0.39, 0.29) is 17.3 Å². The van der Waals surface area contributed by atoms with Gasteiger partial charge in [-0.3, -0.25) is 0 Å². The fourth-order valence-corrected chi connectivity index (χ4v) is 5.40. The van der Waals surface area contributed by atoms with Crippen LogP contribution in [0.5, 0.6) is 11.5 Å². The van der Waals surface area contributed by atoms with Crippen LogP contribution >= 0.6 is 38.9 Å². The second kappa shape index (κ2) is 9.65. The number of ether oxygens (including phenoxy) is 3. The smallest absolute Gasteiger partial charge is 0.363 e. The Bertz CT molecular complexity index is 1540. The average Bonchev–Trinajstić information content (AvgIpc) is 3.39. The summed E-state index contributed by atoms with van der Waals surface area (Å²) in [6, 6.07) is 19.1. The molecule has 35 heavy (non-hydrogen) atoms. The minimum atomic E-state index is -0.619. The Kier molecular flexibility index (Phi) is 6.42. The molecule has 0 fully saturated rings. The molecule has 0 saturated carbocycles. The van der Waals surface area contributed by atoms with E-state index in [1.807, 2.05) is 18.2 Å². The predicted molar refractivity (Wildman–Crippen MR) is 140 cm³/mol. The zero-order chi connectivity index (χ0) is 24.5. The number of benzene rings is 3. The monoisotopic (exact) mass is 567 g/mol. The molecule has 2 heterocycles. The Morgan fingerprint density at radius 2 is 1.89 bits per heavy atom. The first kappa shape index (κ1) is 23.3. The van der Waals surface area contributed by atoms with Crippen LogP contribution in [0.2, 0.25) is 5.02 Å². The Balaban J connectivity index is 1.44. The van der Waals surface area contributed by atoms with Gasteiger partial charge in [-0.25, -0.2) is 14.6 Å². The van der Waals surface area contributed by atoms with Crippen LogP contribution in [0.4, 0.5) is 0 Å². The maximum Gasteiger partial charge on any atom is 0.363 e. The molecule has 0 saturated heterocycles. The molecule has 0 atom stereocenters. The Morgan fingerprint density at radius 1 is 1.11 bits per heavy atom. The second-order valence-corrected chi connectivity index (χ2v) is 9.72. The maximum atomic E-state index is 12.6. The number of carbonyl (C=O) groups excluding carboxylic acids is 2. The molecule has 0 N–H and O–H groups in total. The summed E-state index contributed by atoms with van der Waals surface area (Å²) in [5, 5.41) is 1.32. The first-order chi connectivity index (χ1) is 16.9. The molecule has 0 amide bonds. The van der Waals surface area contributed by atoms with Crippen molar-refractivity contribution in [1.29, 1.82) is 0 Å². The number of methoxy groups -OCH3 is 1. The molecule has 9 heteroatoms. The van der Waals surface area contributed by atoms with Crippen molar-refractivity contribution in [1.82, 2.24) is 0 Å². The van der Waals surface area contributed by atoms with Gasteiger partial charge in [0.25, 0.3) is 0 Å². The summed E-state index contributed by atoms with van der Waals surface area (Å²) >= 11 is 11.4. The fraction of sp³-hybridized carbons (Fsp3) is 0.0385. The van der Waals surface area contributed by atoms with Crippen molar-refractivity contribution in [2.75, 3.05) is 7.11 Å². The summed E-state index contributed by atoms with van der Waals surface area (Å²) in [5.41, 5.74) is 0.931. The van der Waals surface area contributed by atoms with Gasteiger partial charge in [-0.05, 0) is 48.5 Å². The van der Waals surface area contributed by atoms with E-state index in [4.69, 9.17) is 25.8 Å². The van der Waals surface area contributed by atoms with Crippen molar-refractivity contribution >= 4 is 72.9 Å². The molecule has 0 radical (unpaired) electrons. The highest BCUT2D eigenvalue weighted by Crippen LogP contribution is 2.38. The summed E-state index contributed by atoms with van der Waals surface area (Å²) in [4.78, 5) is 30.2. The number of esters is 2. The van der Waals surface area contributed by atoms with Crippen LogP contribution in [0.3, 0.4) is 0 Å². The molecular formula is C26H15BrClNO5S. The lowest BCUT2D eigenvalue weighted by atomic mass is 10.1. The number of nitrogens with zero attached hydrogens (tertiary/aromatic N) is 1. The third kappa shape index (κ3) is 4.73. The number of aliphatic imine (C=N–C) groups is 1. The number of cyclic esters (lactones) is 1. The number of para-hydroxylation sites is 1. The molecule has 5 rings (SSSR count). The van der Waals surface area contributed by atoms with Gasteiger partial charge in [-0.1, -0.05) is 51.8 Å². The minimum absolute atomic E-state index is 0.0719. The van der Waals surface area contributed by atoms with Gasteiger partial charge in [0.1, 0.15) is 16.4 Å². The van der Waals surface area contributed by atoms with Crippen molar-refractivity contribution in [2.24, 2.45) is 4.99 Å². The van der Waals surface area contributed by atoms with Crippen molar-refractivity contribution in [3.05, 3.63) is 97.9 Å². The van der Waals surface area contributed by atoms with Gasteiger partial charge < -0.3 is 14.2 Å². The molecule has 3 aromatic carbocycles. The lowest BCUT2D eigenvalue weighted by Crippen LogP contribution is -2.09. The van der Waals surface area contributed by atoms with Crippen LogP contribution in [-0.2, 0) is 9.53 Å². The molecule has 1 aliphatic rings. The SMILES string of the molecule is COc1ccc(C(=O)Oc2ccccc2/C=C2/N=C(c3sc4cc(Br)ccc4c3Cl)OC2=O)cc1. The van der Waals surface area contributed by atoms with Crippen LogP contribution in [0.1, 0.15) is 20.8 Å². The highest BCUT2D eigenvalue weighted by Gasteiger charge is 2.28. The van der Waals surface area contributed by atoms with Gasteiger partial charge in [0.15, 0.2) is 5.70 Å². The van der Waals surface area contributed by atoms with E-state index in [1.54, 1.807) is 55.6 Å². The van der Waals surface area contributed by atoms with E-state index in [9.17, 15) is 9.59 Å². The van der Waals surface area contributed by atoms with Crippen molar-refractivity contribution < 1.29 is 23.8 Å². The van der Waals surface area contributed by atoms with Crippen LogP contribution in [-0.4, -0.2) is 24.9 Å². The van der Waals surface area contributed by atoms with Gasteiger partial charge in [0.2, 0.25) is 5.90 Å². The van der Waals surface area contributed by atoms with Gasteiger partial charge in [-0.2, -0.15) is 0 Å². The Hall–Kier alpha value is -3.46. The van der Waals surface area contributed by atoms with Crippen LogP contribution in [0.15, 0.2) is 81.9 Å². The van der Waals surface area contributed by atoms with E-state index < -0.39 is 11.9 Å². The Morgan fingerprint density at radius 3 is 2.66 bits per heavy atom. The summed E-state index contributed by atoms with van der Waals surface area (Å²) in [6.07, 6.45) is 1.52. The number of rotatable bonds is 5. The average molecular weight is 569 g/mol. The topological polar surface area (TPSA) is 74.2 Å². The van der Waals surface area contributed by atoms with E-state index in [2.05, 4.69) is 20.9 Å². The van der Waals surface area contributed by atoms with E-state index in [0.717, 1.165) is 14.6 Å². The Labute approximate surface area is 217 Å². The number of thiophene rings is 1. The number of carbonyl (C=O) groups is 2. The van der Waals surface area contributed by atoms with Crippen LogP contribution in [0.25, 0.3) is 16.2 Å². The molecule has 6 nitrogen and oxygen atoms in total. The maximum absolute atomic E-state index is 12.6. The van der Waals surface area contributed by atoms with Crippen LogP contribution < -0.4 is 9.47 Å². The number of fused-ring (bicyclic) bond motifs is 1. The number of hydrogen-bond acceptors (Lipinski definition) is 7. The predicted octanol–water partition coefficient (Wildman–Crippen LogP) is 6.89. The van der Waals surface area contributed by atoms with Crippen LogP contribution in [0, 0.1) is 0 Å². The van der Waals surface area contributed by atoms with E-state index in [1.165, 1.54) is 17.4 Å². The molecule has 0 unspecified atom stereocenters. The molecule has 0 aliphatic carbocycles. The van der Waals surface area contributed by atoms with Gasteiger partial charge in [-0.15, -0.1) is 11.3 Å². The van der Waals surface area contributed by atoms with Crippen molar-refractivity contribution in [2.45, 2.75) is 0 Å². The number of hydrogen-bond donors (Lipinski definition) is 0. The molecule has 1 aromatic heterocycles. The standard InChI is InChI=1S/C26H15BrClNO5S/c1-32-17-9-6-14(7-10-17)25(30)33-20-5-3-2-4-15(20)12-19-26(31)34-24(29-19)23-22(28)18-11-8-16(27)13-21(18)35-23/h2-13H,1H3/b19-12+. The third-order valence-electron chi connectivity index (χ3n) is 5.15. The second-order valence-electron chi connectivity index (χ2n) is 7.38. The summed E-state index contributed by atoms with van der Waals surface area (Å²) in [7, 11) is 1.55. The molecule has 0 bridgehead atoms. The zero-order valence-electron chi connectivity index (χ0n) is 18.1. The summed E-state index contributed by atoms with van der Waals surface area (Å²) in [6.45, 7) is 0. The summed E-state index contributed by atoms with van der Waals surface area (Å²) in [5.74, 6) is -0.115. The van der Waals surface area contributed by atoms with E-state index >= 15 is 0 Å². The minimum Gasteiger partial charge on any atom is -0.497 e. The largest absolute Gasteiger partial charge is 0.497 e. The molecule has 174 valence electrons. The number of halogens is 2. The van der Waals surface area contributed by atoms with Crippen molar-refractivity contribution in [3.8, 4) is 11.5 Å². The third-order valence-corrected chi connectivity index (χ3v) is 7.28. The molecular weight excluding hydrogens is 554 g/mol. The lowest BCUT2D eigenvalue weighted by molar-refractivity contribution is -0.129. The highest BCUT2D eigenvalue weighted by molar-refractivity contribution is 9.10. The van der Waals surface area contributed by atoms with Crippen molar-refractivity contribution in [3.63, 3.8) is 0 Å². The molecule has 4 aromatic rings. The first-order valence-electron chi connectivity index (χ1n) is 10.3. The zero-order valence-corrected chi connectivity index (χ0v) is 21.2. The lowest BCUT2D eigenvalue weighted by Gasteiger charge is -2.08. The van der Waals surface area contributed by atoms with E-state index in [0.29, 0.717) is 26.8 Å². The normalized spacial score (nSPS) is 14.2. The van der Waals surface area contributed by atoms with Gasteiger partial charge in [0.05, 0.1) is 17.7 Å².